The Kier molecular flexibility index (Phi) is 5.54. The van der Waals surface area contributed by atoms with Gasteiger partial charge in [0, 0.05) is 38.4 Å². The van der Waals surface area contributed by atoms with Gasteiger partial charge in [0.05, 0.1) is 12.1 Å². The first-order valence-corrected chi connectivity index (χ1v) is 9.97. The number of nitrogens with zero attached hydrogens (tertiary/aromatic N) is 6. The number of hydrogen-bond acceptors (Lipinski definition) is 4. The van der Waals surface area contributed by atoms with E-state index >= 15 is 0 Å². The minimum Gasteiger partial charge on any atom is -0.369 e. The van der Waals surface area contributed by atoms with Crippen molar-refractivity contribution in [3.05, 3.63) is 59.4 Å². The van der Waals surface area contributed by atoms with E-state index in [4.69, 9.17) is 6.57 Å². The van der Waals surface area contributed by atoms with Gasteiger partial charge in [-0.2, -0.15) is 0 Å². The molecule has 0 saturated carbocycles. The number of fused-ring (bicyclic) bond motifs is 1. The number of rotatable bonds is 6. The maximum absolute atomic E-state index is 7.17. The number of unbranched alkanes of at least 4 members (excludes halogenated alkanes) is 1. The second-order valence-corrected chi connectivity index (χ2v) is 7.47. The number of benzene rings is 2. The van der Waals surface area contributed by atoms with Gasteiger partial charge in [0.1, 0.15) is 5.52 Å². The van der Waals surface area contributed by atoms with E-state index in [0.717, 1.165) is 63.1 Å². The average molecular weight is 374 g/mol. The standard InChI is InChI=1S/C22H26N6/c1-18-6-5-7-20(16-18)27-14-12-26(13-15-27)10-3-4-11-28-22-17-19(23-2)8-9-21(22)24-25-28/h5-9,16-17H,3-4,10-15H2,1H3. The fraction of sp³-hybridized carbons (Fsp3) is 0.409. The summed E-state index contributed by atoms with van der Waals surface area (Å²) in [6.45, 7) is 15.7. The van der Waals surface area contributed by atoms with Crippen LogP contribution in [0.3, 0.4) is 0 Å². The lowest BCUT2D eigenvalue weighted by Crippen LogP contribution is -2.46. The molecule has 6 nitrogen and oxygen atoms in total. The molecule has 2 aromatic carbocycles. The van der Waals surface area contributed by atoms with Crippen LogP contribution in [0.15, 0.2) is 42.5 Å². The van der Waals surface area contributed by atoms with E-state index in [9.17, 15) is 0 Å². The van der Waals surface area contributed by atoms with Gasteiger partial charge in [0.15, 0.2) is 5.69 Å². The first-order valence-electron chi connectivity index (χ1n) is 9.97. The van der Waals surface area contributed by atoms with Gasteiger partial charge in [0.2, 0.25) is 0 Å². The summed E-state index contributed by atoms with van der Waals surface area (Å²) < 4.78 is 1.93. The van der Waals surface area contributed by atoms with Crippen LogP contribution in [0.2, 0.25) is 0 Å². The molecule has 2 heterocycles. The topological polar surface area (TPSA) is 41.6 Å². The lowest BCUT2D eigenvalue weighted by molar-refractivity contribution is 0.251. The summed E-state index contributed by atoms with van der Waals surface area (Å²) in [7, 11) is 0. The molecule has 28 heavy (non-hydrogen) atoms. The van der Waals surface area contributed by atoms with Gasteiger partial charge in [-0.15, -0.1) is 5.10 Å². The highest BCUT2D eigenvalue weighted by Crippen LogP contribution is 2.20. The Balaban J connectivity index is 1.23. The van der Waals surface area contributed by atoms with Crippen LogP contribution in [0.25, 0.3) is 15.9 Å². The number of anilines is 1. The van der Waals surface area contributed by atoms with Crippen LogP contribution in [0.5, 0.6) is 0 Å². The van der Waals surface area contributed by atoms with Crippen LogP contribution in [0.1, 0.15) is 18.4 Å². The molecule has 1 fully saturated rings. The molecule has 4 rings (SSSR count). The molecule has 0 aliphatic carbocycles. The van der Waals surface area contributed by atoms with Crippen molar-refractivity contribution < 1.29 is 0 Å². The van der Waals surface area contributed by atoms with Crippen molar-refractivity contribution in [2.24, 2.45) is 0 Å². The second-order valence-electron chi connectivity index (χ2n) is 7.47. The maximum atomic E-state index is 7.17. The molecule has 3 aromatic rings. The first-order chi connectivity index (χ1) is 13.7. The molecule has 0 radical (unpaired) electrons. The molecular formula is C22H26N6. The Morgan fingerprint density at radius 1 is 1.00 bits per heavy atom. The monoisotopic (exact) mass is 374 g/mol. The van der Waals surface area contributed by atoms with Gasteiger partial charge >= 0.3 is 0 Å². The van der Waals surface area contributed by atoms with E-state index in [1.165, 1.54) is 11.3 Å². The predicted molar refractivity (Wildman–Crippen MR) is 113 cm³/mol. The van der Waals surface area contributed by atoms with Crippen LogP contribution in [0, 0.1) is 13.5 Å². The largest absolute Gasteiger partial charge is 0.369 e. The lowest BCUT2D eigenvalue weighted by Gasteiger charge is -2.36. The summed E-state index contributed by atoms with van der Waals surface area (Å²) in [6.07, 6.45) is 2.22. The van der Waals surface area contributed by atoms with E-state index in [2.05, 4.69) is 56.1 Å². The van der Waals surface area contributed by atoms with E-state index in [0.29, 0.717) is 5.69 Å². The molecule has 0 bridgehead atoms. The molecule has 0 amide bonds. The highest BCUT2D eigenvalue weighted by atomic mass is 15.4. The second kappa shape index (κ2) is 8.41. The van der Waals surface area contributed by atoms with Gasteiger partial charge in [-0.1, -0.05) is 23.4 Å². The summed E-state index contributed by atoms with van der Waals surface area (Å²) in [5.74, 6) is 0. The molecule has 0 spiro atoms. The van der Waals surface area contributed by atoms with Crippen molar-refractivity contribution in [3.63, 3.8) is 0 Å². The Bertz CT molecular complexity index is 978. The molecule has 1 aliphatic heterocycles. The van der Waals surface area contributed by atoms with Crippen LogP contribution in [0.4, 0.5) is 11.4 Å². The number of hydrogen-bond donors (Lipinski definition) is 0. The van der Waals surface area contributed by atoms with Crippen LogP contribution < -0.4 is 4.90 Å². The Labute approximate surface area is 166 Å². The predicted octanol–water partition coefficient (Wildman–Crippen LogP) is 3.89. The fourth-order valence-corrected chi connectivity index (χ4v) is 3.84. The van der Waals surface area contributed by atoms with E-state index in [1.54, 1.807) is 6.07 Å². The zero-order chi connectivity index (χ0) is 19.3. The smallest absolute Gasteiger partial charge is 0.189 e. The number of piperazine rings is 1. The Morgan fingerprint density at radius 3 is 2.61 bits per heavy atom. The van der Waals surface area contributed by atoms with Crippen LogP contribution in [-0.2, 0) is 6.54 Å². The molecular weight excluding hydrogens is 348 g/mol. The highest BCUT2D eigenvalue weighted by Gasteiger charge is 2.16. The molecule has 0 unspecified atom stereocenters. The minimum atomic E-state index is 0.641. The van der Waals surface area contributed by atoms with Crippen molar-refractivity contribution >= 4 is 22.4 Å². The lowest BCUT2D eigenvalue weighted by atomic mass is 10.2. The summed E-state index contributed by atoms with van der Waals surface area (Å²) in [4.78, 5) is 8.55. The number of aromatic nitrogens is 3. The van der Waals surface area contributed by atoms with Crippen molar-refractivity contribution in [1.82, 2.24) is 19.9 Å². The van der Waals surface area contributed by atoms with Gasteiger partial charge in [0.25, 0.3) is 0 Å². The van der Waals surface area contributed by atoms with Gasteiger partial charge in [-0.25, -0.2) is 9.53 Å². The molecule has 6 heteroatoms. The SMILES string of the molecule is [C-]#[N+]c1ccc2nnn(CCCCN3CCN(c4cccc(C)c4)CC3)c2c1. The molecule has 1 aliphatic rings. The first kappa shape index (κ1) is 18.5. The molecule has 1 saturated heterocycles. The zero-order valence-electron chi connectivity index (χ0n) is 16.4. The summed E-state index contributed by atoms with van der Waals surface area (Å²) in [5, 5.41) is 8.45. The molecule has 1 aromatic heterocycles. The fourth-order valence-electron chi connectivity index (χ4n) is 3.84. The average Bonchev–Trinajstić information content (AvgIpc) is 3.14. The Hall–Kier alpha value is -2.91. The van der Waals surface area contributed by atoms with Crippen LogP contribution >= 0.6 is 0 Å². The van der Waals surface area contributed by atoms with E-state index in [-0.39, 0.29) is 0 Å². The summed E-state index contributed by atoms with van der Waals surface area (Å²) in [5.41, 5.74) is 5.13. The van der Waals surface area contributed by atoms with Crippen molar-refractivity contribution in [1.29, 1.82) is 0 Å². The normalized spacial score (nSPS) is 15.1. The quantitative estimate of drug-likeness (QED) is 0.485. The number of aryl methyl sites for hydroxylation is 2. The van der Waals surface area contributed by atoms with Crippen molar-refractivity contribution in [2.45, 2.75) is 26.3 Å². The molecule has 144 valence electrons. The zero-order valence-corrected chi connectivity index (χ0v) is 16.4. The van der Waals surface area contributed by atoms with Gasteiger partial charge < -0.3 is 4.90 Å². The molecule has 0 atom stereocenters. The third-order valence-corrected chi connectivity index (χ3v) is 5.46. The molecule has 0 N–H and O–H groups in total. The maximum Gasteiger partial charge on any atom is 0.189 e. The minimum absolute atomic E-state index is 0.641. The van der Waals surface area contributed by atoms with Crippen molar-refractivity contribution in [3.8, 4) is 0 Å². The summed E-state index contributed by atoms with van der Waals surface area (Å²) in [6, 6.07) is 14.3. The summed E-state index contributed by atoms with van der Waals surface area (Å²) >= 11 is 0. The van der Waals surface area contributed by atoms with Crippen LogP contribution in [-0.4, -0.2) is 52.6 Å². The third kappa shape index (κ3) is 4.15. The van der Waals surface area contributed by atoms with E-state index in [1.807, 2.05) is 16.8 Å². The van der Waals surface area contributed by atoms with Crippen molar-refractivity contribution in [2.75, 3.05) is 37.6 Å². The third-order valence-electron chi connectivity index (χ3n) is 5.46. The van der Waals surface area contributed by atoms with E-state index < -0.39 is 0 Å². The Morgan fingerprint density at radius 2 is 1.82 bits per heavy atom. The highest BCUT2D eigenvalue weighted by molar-refractivity contribution is 5.78. The van der Waals surface area contributed by atoms with Gasteiger partial charge in [-0.3, -0.25) is 4.90 Å². The van der Waals surface area contributed by atoms with Gasteiger partial charge in [-0.05, 0) is 56.1 Å².